The quantitative estimate of drug-likeness (QED) is 0.848. The number of rotatable bonds is 2. The van der Waals surface area contributed by atoms with Crippen LogP contribution < -0.4 is 0 Å². The molecule has 20 heavy (non-hydrogen) atoms. The molecule has 0 aliphatic carbocycles. The molecule has 0 fully saturated rings. The zero-order valence-electron chi connectivity index (χ0n) is 11.2. The van der Waals surface area contributed by atoms with Gasteiger partial charge in [-0.3, -0.25) is 4.90 Å². The first-order valence-electron chi connectivity index (χ1n) is 6.59. The summed E-state index contributed by atoms with van der Waals surface area (Å²) in [6.45, 7) is 4.61. The topological polar surface area (TPSA) is 29.0 Å². The van der Waals surface area contributed by atoms with Crippen LogP contribution in [0.2, 0.25) is 10.0 Å². The molecular formula is C15H15Cl2N3. The lowest BCUT2D eigenvalue weighted by molar-refractivity contribution is 0.242. The molecule has 3 rings (SSSR count). The van der Waals surface area contributed by atoms with Gasteiger partial charge in [0.1, 0.15) is 5.82 Å². The molecule has 0 saturated heterocycles. The monoisotopic (exact) mass is 307 g/mol. The van der Waals surface area contributed by atoms with Gasteiger partial charge in [0.15, 0.2) is 0 Å². The molecule has 0 atom stereocenters. The molecule has 0 amide bonds. The van der Waals surface area contributed by atoms with Crippen molar-refractivity contribution in [1.82, 2.24) is 14.9 Å². The maximum absolute atomic E-state index is 6.23. The maximum atomic E-state index is 6.23. The van der Waals surface area contributed by atoms with E-state index in [-0.39, 0.29) is 0 Å². The van der Waals surface area contributed by atoms with Gasteiger partial charge in [0.05, 0.1) is 0 Å². The van der Waals surface area contributed by atoms with Gasteiger partial charge in [0, 0.05) is 53.6 Å². The summed E-state index contributed by atoms with van der Waals surface area (Å²) in [4.78, 5) is 11.1. The first kappa shape index (κ1) is 13.8. The fourth-order valence-corrected chi connectivity index (χ4v) is 2.97. The third kappa shape index (κ3) is 2.95. The second kappa shape index (κ2) is 5.68. The van der Waals surface area contributed by atoms with Crippen LogP contribution in [0.1, 0.15) is 22.6 Å². The highest BCUT2D eigenvalue weighted by atomic mass is 35.5. The Morgan fingerprint density at radius 2 is 2.15 bits per heavy atom. The third-order valence-electron chi connectivity index (χ3n) is 3.54. The second-order valence-corrected chi connectivity index (χ2v) is 5.93. The van der Waals surface area contributed by atoms with Crippen LogP contribution in [0.15, 0.2) is 24.4 Å². The molecule has 0 unspecified atom stereocenters. The largest absolute Gasteiger partial charge is 0.294 e. The number of benzene rings is 1. The van der Waals surface area contributed by atoms with Crippen LogP contribution in [0.4, 0.5) is 0 Å². The third-order valence-corrected chi connectivity index (χ3v) is 4.13. The molecule has 0 N–H and O–H groups in total. The fraction of sp³-hybridized carbons (Fsp3) is 0.333. The Bertz CT molecular complexity index is 643. The molecule has 1 aliphatic rings. The Balaban J connectivity index is 1.75. The van der Waals surface area contributed by atoms with Crippen LogP contribution in [0.25, 0.3) is 0 Å². The summed E-state index contributed by atoms with van der Waals surface area (Å²) >= 11 is 12.2. The number of halogens is 2. The molecule has 104 valence electrons. The number of hydrogen-bond donors (Lipinski definition) is 0. The normalized spacial score (nSPS) is 15.2. The van der Waals surface area contributed by atoms with Gasteiger partial charge in [-0.25, -0.2) is 9.97 Å². The summed E-state index contributed by atoms with van der Waals surface area (Å²) in [6, 6.07) is 5.67. The molecule has 0 bridgehead atoms. The van der Waals surface area contributed by atoms with Crippen molar-refractivity contribution in [3.05, 3.63) is 57.1 Å². The highest BCUT2D eigenvalue weighted by Gasteiger charge is 2.18. The van der Waals surface area contributed by atoms with Crippen molar-refractivity contribution in [2.24, 2.45) is 0 Å². The Hall–Kier alpha value is -1.16. The van der Waals surface area contributed by atoms with E-state index in [4.69, 9.17) is 23.2 Å². The van der Waals surface area contributed by atoms with Crippen LogP contribution >= 0.6 is 23.2 Å². The Labute approximate surface area is 128 Å². The van der Waals surface area contributed by atoms with Crippen molar-refractivity contribution in [1.29, 1.82) is 0 Å². The van der Waals surface area contributed by atoms with Crippen LogP contribution in [0.3, 0.4) is 0 Å². The lowest BCUT2D eigenvalue weighted by Gasteiger charge is -2.28. The van der Waals surface area contributed by atoms with Gasteiger partial charge in [-0.2, -0.15) is 0 Å². The van der Waals surface area contributed by atoms with Gasteiger partial charge in [-0.1, -0.05) is 29.3 Å². The number of nitrogens with zero attached hydrogens (tertiary/aromatic N) is 3. The number of aromatic nitrogens is 2. The lowest BCUT2D eigenvalue weighted by atomic mass is 10.1. The van der Waals surface area contributed by atoms with Gasteiger partial charge in [-0.05, 0) is 24.6 Å². The Morgan fingerprint density at radius 3 is 2.95 bits per heavy atom. The van der Waals surface area contributed by atoms with Gasteiger partial charge in [-0.15, -0.1) is 0 Å². The Morgan fingerprint density at radius 1 is 1.30 bits per heavy atom. The molecule has 1 aromatic heterocycles. The predicted octanol–water partition coefficient (Wildman–Crippen LogP) is 3.65. The van der Waals surface area contributed by atoms with E-state index in [0.29, 0.717) is 5.02 Å². The zero-order valence-corrected chi connectivity index (χ0v) is 12.7. The standard InChI is InChI=1S/C15H15Cl2N3/c1-10-18-7-12-9-20(5-4-15(12)19-10)8-11-2-3-13(16)6-14(11)17/h2-3,6-7H,4-5,8-9H2,1H3. The summed E-state index contributed by atoms with van der Waals surface area (Å²) in [5.41, 5.74) is 3.50. The number of fused-ring (bicyclic) bond motifs is 1. The van der Waals surface area contributed by atoms with Gasteiger partial charge in [0.25, 0.3) is 0 Å². The van der Waals surface area contributed by atoms with E-state index in [2.05, 4.69) is 14.9 Å². The van der Waals surface area contributed by atoms with E-state index in [9.17, 15) is 0 Å². The van der Waals surface area contributed by atoms with Gasteiger partial charge >= 0.3 is 0 Å². The minimum absolute atomic E-state index is 0.673. The molecule has 2 heterocycles. The van der Waals surface area contributed by atoms with Crippen molar-refractivity contribution >= 4 is 23.2 Å². The summed E-state index contributed by atoms with van der Waals surface area (Å²) in [7, 11) is 0. The van der Waals surface area contributed by atoms with E-state index < -0.39 is 0 Å². The zero-order chi connectivity index (χ0) is 14.1. The predicted molar refractivity (Wildman–Crippen MR) is 81.0 cm³/mol. The van der Waals surface area contributed by atoms with Crippen LogP contribution in [-0.4, -0.2) is 21.4 Å². The molecule has 1 aliphatic heterocycles. The summed E-state index contributed by atoms with van der Waals surface area (Å²) in [5, 5.41) is 1.40. The summed E-state index contributed by atoms with van der Waals surface area (Å²) in [5.74, 6) is 0.845. The molecule has 0 radical (unpaired) electrons. The molecule has 0 spiro atoms. The van der Waals surface area contributed by atoms with Crippen LogP contribution in [-0.2, 0) is 19.5 Å². The molecule has 5 heteroatoms. The minimum atomic E-state index is 0.673. The van der Waals surface area contributed by atoms with Crippen molar-refractivity contribution in [3.8, 4) is 0 Å². The first-order chi connectivity index (χ1) is 9.61. The smallest absolute Gasteiger partial charge is 0.125 e. The second-order valence-electron chi connectivity index (χ2n) is 5.09. The van der Waals surface area contributed by atoms with E-state index in [1.54, 1.807) is 6.07 Å². The number of hydrogen-bond acceptors (Lipinski definition) is 3. The Kier molecular flexibility index (Phi) is 3.92. The fourth-order valence-electron chi connectivity index (χ4n) is 2.50. The summed E-state index contributed by atoms with van der Waals surface area (Å²) in [6.07, 6.45) is 2.90. The minimum Gasteiger partial charge on any atom is -0.294 e. The molecule has 2 aromatic rings. The summed E-state index contributed by atoms with van der Waals surface area (Å²) < 4.78 is 0. The number of aryl methyl sites for hydroxylation is 1. The van der Waals surface area contributed by atoms with Crippen molar-refractivity contribution in [2.45, 2.75) is 26.4 Å². The molecule has 0 saturated carbocycles. The van der Waals surface area contributed by atoms with E-state index in [1.807, 2.05) is 25.3 Å². The average Bonchev–Trinajstić information content (AvgIpc) is 2.42. The van der Waals surface area contributed by atoms with Gasteiger partial charge < -0.3 is 0 Å². The SMILES string of the molecule is Cc1ncc2c(n1)CCN(Cc1ccc(Cl)cc1Cl)C2. The van der Waals surface area contributed by atoms with Crippen molar-refractivity contribution in [2.75, 3.05) is 6.54 Å². The van der Waals surface area contributed by atoms with Crippen LogP contribution in [0.5, 0.6) is 0 Å². The maximum Gasteiger partial charge on any atom is 0.125 e. The molecule has 3 nitrogen and oxygen atoms in total. The average molecular weight is 308 g/mol. The van der Waals surface area contributed by atoms with Crippen molar-refractivity contribution in [3.63, 3.8) is 0 Å². The lowest BCUT2D eigenvalue weighted by Crippen LogP contribution is -2.31. The molecule has 1 aromatic carbocycles. The highest BCUT2D eigenvalue weighted by Crippen LogP contribution is 2.24. The van der Waals surface area contributed by atoms with Gasteiger partial charge in [0.2, 0.25) is 0 Å². The van der Waals surface area contributed by atoms with Crippen molar-refractivity contribution < 1.29 is 0 Å². The van der Waals surface area contributed by atoms with E-state index in [1.165, 1.54) is 11.3 Å². The first-order valence-corrected chi connectivity index (χ1v) is 7.35. The van der Waals surface area contributed by atoms with E-state index in [0.717, 1.165) is 42.5 Å². The molecular weight excluding hydrogens is 293 g/mol. The van der Waals surface area contributed by atoms with Crippen LogP contribution in [0, 0.1) is 6.92 Å². The van der Waals surface area contributed by atoms with E-state index >= 15 is 0 Å². The highest BCUT2D eigenvalue weighted by molar-refractivity contribution is 6.35.